The highest BCUT2D eigenvalue weighted by atomic mass is 19.1. The van der Waals surface area contributed by atoms with Crippen LogP contribution in [-0.2, 0) is 7.05 Å². The number of rotatable bonds is 5. The molecule has 7 heteroatoms. The Labute approximate surface area is 185 Å². The molecule has 32 heavy (non-hydrogen) atoms. The fraction of sp³-hybridized carbons (Fsp3) is 0.240. The van der Waals surface area contributed by atoms with Crippen molar-refractivity contribution in [2.45, 2.75) is 6.42 Å². The number of aryl methyl sites for hydroxylation is 1. The first-order chi connectivity index (χ1) is 15.6. The first kappa shape index (κ1) is 20.2. The number of halogens is 1. The second-order valence-electron chi connectivity index (χ2n) is 8.10. The normalized spacial score (nSPS) is 15.7. The van der Waals surface area contributed by atoms with Gasteiger partial charge in [-0.25, -0.2) is 9.37 Å². The van der Waals surface area contributed by atoms with E-state index >= 15 is 0 Å². The molecule has 3 heterocycles. The highest BCUT2D eigenvalue weighted by Gasteiger charge is 2.17. The molecule has 1 aliphatic rings. The molecule has 0 aliphatic carbocycles. The number of nitrogens with one attached hydrogen (secondary N) is 1. The van der Waals surface area contributed by atoms with Crippen LogP contribution in [0.3, 0.4) is 0 Å². The summed E-state index contributed by atoms with van der Waals surface area (Å²) in [5, 5.41) is 17.9. The summed E-state index contributed by atoms with van der Waals surface area (Å²) in [5.41, 5.74) is 3.83. The van der Waals surface area contributed by atoms with E-state index < -0.39 is 5.82 Å². The fourth-order valence-electron chi connectivity index (χ4n) is 4.09. The van der Waals surface area contributed by atoms with E-state index in [-0.39, 0.29) is 5.56 Å². The van der Waals surface area contributed by atoms with Gasteiger partial charge < -0.3 is 10.1 Å². The molecule has 6 nitrogen and oxygen atoms in total. The molecule has 1 N–H and O–H groups in total. The van der Waals surface area contributed by atoms with Crippen molar-refractivity contribution < 1.29 is 9.13 Å². The third kappa shape index (κ3) is 3.93. The zero-order valence-corrected chi connectivity index (χ0v) is 17.7. The number of fused-ring (bicyclic) bond motifs is 1. The minimum Gasteiger partial charge on any atom is -0.477 e. The summed E-state index contributed by atoms with van der Waals surface area (Å²) in [5.74, 6) is 0.452. The predicted octanol–water partition coefficient (Wildman–Crippen LogP) is 4.30. The lowest BCUT2D eigenvalue weighted by Crippen LogP contribution is -2.16. The Hall–Kier alpha value is -3.76. The maximum absolute atomic E-state index is 14.4. The van der Waals surface area contributed by atoms with Gasteiger partial charge in [-0.1, -0.05) is 18.2 Å². The van der Waals surface area contributed by atoms with Gasteiger partial charge in [0, 0.05) is 48.3 Å². The van der Waals surface area contributed by atoms with E-state index in [1.807, 2.05) is 49.6 Å². The number of hydrogen-bond donors (Lipinski definition) is 1. The van der Waals surface area contributed by atoms with Gasteiger partial charge in [0.15, 0.2) is 0 Å². The minimum absolute atomic E-state index is 0.0169. The largest absolute Gasteiger partial charge is 0.477 e. The highest BCUT2D eigenvalue weighted by Crippen LogP contribution is 2.34. The second kappa shape index (κ2) is 8.40. The van der Waals surface area contributed by atoms with Gasteiger partial charge in [-0.2, -0.15) is 10.4 Å². The molecule has 0 bridgehead atoms. The smallest absolute Gasteiger partial charge is 0.213 e. The number of hydrogen-bond acceptors (Lipinski definition) is 5. The molecule has 1 atom stereocenters. The summed E-state index contributed by atoms with van der Waals surface area (Å²) in [4.78, 5) is 4.80. The van der Waals surface area contributed by atoms with Crippen LogP contribution in [0.4, 0.5) is 4.39 Å². The Morgan fingerprint density at radius 2 is 2.06 bits per heavy atom. The van der Waals surface area contributed by atoms with Gasteiger partial charge in [-0.15, -0.1) is 0 Å². The molecule has 2 aromatic carbocycles. The van der Waals surface area contributed by atoms with E-state index in [1.165, 1.54) is 12.1 Å². The lowest BCUT2D eigenvalue weighted by Gasteiger charge is -2.14. The van der Waals surface area contributed by atoms with Crippen molar-refractivity contribution in [1.82, 2.24) is 20.1 Å². The average Bonchev–Trinajstić information content (AvgIpc) is 3.45. The highest BCUT2D eigenvalue weighted by molar-refractivity contribution is 5.88. The molecule has 1 fully saturated rings. The molecule has 160 valence electrons. The van der Waals surface area contributed by atoms with Crippen LogP contribution in [0.15, 0.2) is 54.7 Å². The zero-order valence-electron chi connectivity index (χ0n) is 17.7. The predicted molar refractivity (Wildman–Crippen MR) is 121 cm³/mol. The van der Waals surface area contributed by atoms with Crippen molar-refractivity contribution in [2.24, 2.45) is 13.0 Å². The molecule has 2 aromatic heterocycles. The SMILES string of the molecule is Cn1cc2ccc(-c3nc(OCC4CCNC4)ccc3-c3ccc(C#N)c(F)c3)cc2n1. The number of aromatic nitrogens is 3. The van der Waals surface area contributed by atoms with Gasteiger partial charge in [0.1, 0.15) is 11.9 Å². The van der Waals surface area contributed by atoms with Gasteiger partial charge in [0.05, 0.1) is 23.4 Å². The summed E-state index contributed by atoms with van der Waals surface area (Å²) in [7, 11) is 1.88. The molecule has 0 saturated carbocycles. The van der Waals surface area contributed by atoms with E-state index in [0.29, 0.717) is 29.7 Å². The molecule has 0 spiro atoms. The van der Waals surface area contributed by atoms with Crippen molar-refractivity contribution in [3.05, 3.63) is 66.1 Å². The Kier molecular flexibility index (Phi) is 5.29. The van der Waals surface area contributed by atoms with E-state index in [0.717, 1.165) is 41.5 Å². The Morgan fingerprint density at radius 1 is 1.19 bits per heavy atom. The molecule has 0 radical (unpaired) electrons. The fourth-order valence-corrected chi connectivity index (χ4v) is 4.09. The van der Waals surface area contributed by atoms with Crippen LogP contribution in [0, 0.1) is 23.1 Å². The number of benzene rings is 2. The Balaban J connectivity index is 1.58. The molecular formula is C25H22FN5O. The molecule has 1 aliphatic heterocycles. The molecule has 1 unspecified atom stereocenters. The van der Waals surface area contributed by atoms with Crippen LogP contribution in [0.25, 0.3) is 33.3 Å². The second-order valence-corrected chi connectivity index (χ2v) is 8.10. The number of nitrogens with zero attached hydrogens (tertiary/aromatic N) is 4. The first-order valence-electron chi connectivity index (χ1n) is 10.6. The van der Waals surface area contributed by atoms with Crippen molar-refractivity contribution >= 4 is 10.9 Å². The van der Waals surface area contributed by atoms with E-state index in [1.54, 1.807) is 10.7 Å². The number of pyridine rings is 1. The van der Waals surface area contributed by atoms with Crippen LogP contribution in [-0.4, -0.2) is 34.5 Å². The van der Waals surface area contributed by atoms with Crippen molar-refractivity contribution in [3.8, 4) is 34.3 Å². The molecule has 1 saturated heterocycles. The average molecular weight is 427 g/mol. The lowest BCUT2D eigenvalue weighted by molar-refractivity contribution is 0.251. The monoisotopic (exact) mass is 427 g/mol. The van der Waals surface area contributed by atoms with Gasteiger partial charge >= 0.3 is 0 Å². The summed E-state index contributed by atoms with van der Waals surface area (Å²) >= 11 is 0. The van der Waals surface area contributed by atoms with E-state index in [4.69, 9.17) is 15.0 Å². The van der Waals surface area contributed by atoms with Gasteiger partial charge in [-0.05, 0) is 42.8 Å². The summed E-state index contributed by atoms with van der Waals surface area (Å²) in [6.45, 7) is 2.56. The van der Waals surface area contributed by atoms with Gasteiger partial charge in [-0.3, -0.25) is 4.68 Å². The van der Waals surface area contributed by atoms with Crippen LogP contribution < -0.4 is 10.1 Å². The van der Waals surface area contributed by atoms with Crippen LogP contribution in [0.1, 0.15) is 12.0 Å². The zero-order chi connectivity index (χ0) is 22.1. The number of nitriles is 1. The van der Waals surface area contributed by atoms with Crippen molar-refractivity contribution in [2.75, 3.05) is 19.7 Å². The third-order valence-corrected chi connectivity index (χ3v) is 5.79. The lowest BCUT2D eigenvalue weighted by atomic mass is 9.98. The molecule has 0 amide bonds. The third-order valence-electron chi connectivity index (χ3n) is 5.79. The van der Waals surface area contributed by atoms with Crippen molar-refractivity contribution in [1.29, 1.82) is 5.26 Å². The molecular weight excluding hydrogens is 405 g/mol. The maximum atomic E-state index is 14.4. The molecule has 4 aromatic rings. The first-order valence-corrected chi connectivity index (χ1v) is 10.6. The van der Waals surface area contributed by atoms with Gasteiger partial charge in [0.2, 0.25) is 5.88 Å². The molecule has 5 rings (SSSR count). The quantitative estimate of drug-likeness (QED) is 0.514. The van der Waals surface area contributed by atoms with Crippen molar-refractivity contribution in [3.63, 3.8) is 0 Å². The topological polar surface area (TPSA) is 75.8 Å². The van der Waals surface area contributed by atoms with Crippen LogP contribution >= 0.6 is 0 Å². The summed E-state index contributed by atoms with van der Waals surface area (Å²) in [6.07, 6.45) is 3.05. The Bertz CT molecular complexity index is 1330. The summed E-state index contributed by atoms with van der Waals surface area (Å²) in [6, 6.07) is 16.2. The van der Waals surface area contributed by atoms with Crippen LogP contribution in [0.5, 0.6) is 5.88 Å². The summed E-state index contributed by atoms with van der Waals surface area (Å²) < 4.78 is 22.1. The maximum Gasteiger partial charge on any atom is 0.213 e. The standard InChI is InChI=1S/C25H22FN5O/c1-31-14-20-5-3-18(11-23(20)30-31)25-21(17-2-4-19(12-27)22(26)10-17)6-7-24(29-25)32-15-16-8-9-28-13-16/h2-7,10-11,14,16,28H,8-9,13,15H2,1H3. The van der Waals surface area contributed by atoms with Gasteiger partial charge in [0.25, 0.3) is 0 Å². The number of ether oxygens (including phenoxy) is 1. The minimum atomic E-state index is -0.551. The van der Waals surface area contributed by atoms with E-state index in [2.05, 4.69) is 10.4 Å². The Morgan fingerprint density at radius 3 is 2.84 bits per heavy atom. The van der Waals surface area contributed by atoms with Crippen LogP contribution in [0.2, 0.25) is 0 Å². The van der Waals surface area contributed by atoms with E-state index in [9.17, 15) is 4.39 Å².